The molecule has 120 valence electrons. The van der Waals surface area contributed by atoms with Gasteiger partial charge in [0, 0.05) is 24.6 Å². The normalized spacial score (nSPS) is 17.6. The minimum Gasteiger partial charge on any atom is -0.497 e. The number of pyridine rings is 1. The predicted octanol–water partition coefficient (Wildman–Crippen LogP) is 4.01. The van der Waals surface area contributed by atoms with Gasteiger partial charge in [0.2, 0.25) is 0 Å². The summed E-state index contributed by atoms with van der Waals surface area (Å²) >= 11 is 5.66. The van der Waals surface area contributed by atoms with Crippen LogP contribution >= 0.6 is 12.2 Å². The fraction of sp³-hybridized carbons (Fsp3) is 0.333. The van der Waals surface area contributed by atoms with Gasteiger partial charge in [-0.05, 0) is 67.4 Å². The Hall–Kier alpha value is -2.14. The van der Waals surface area contributed by atoms with Gasteiger partial charge in [-0.2, -0.15) is 0 Å². The second-order valence-electron chi connectivity index (χ2n) is 5.65. The maximum atomic E-state index is 5.66. The molecular weight excluding hydrogens is 306 g/mol. The quantitative estimate of drug-likeness (QED) is 0.862. The van der Waals surface area contributed by atoms with E-state index in [0.717, 1.165) is 29.5 Å². The molecule has 4 nitrogen and oxygen atoms in total. The molecule has 3 rings (SSSR count). The highest BCUT2D eigenvalue weighted by atomic mass is 32.1. The molecule has 0 amide bonds. The molecule has 1 atom stereocenters. The molecule has 1 aromatic carbocycles. The summed E-state index contributed by atoms with van der Waals surface area (Å²) in [7, 11) is 1.67. The molecule has 0 saturated carbocycles. The van der Waals surface area contributed by atoms with Crippen molar-refractivity contribution in [1.82, 2.24) is 9.88 Å². The van der Waals surface area contributed by atoms with Crippen molar-refractivity contribution in [2.75, 3.05) is 19.0 Å². The van der Waals surface area contributed by atoms with Gasteiger partial charge in [0.05, 0.1) is 13.2 Å². The van der Waals surface area contributed by atoms with Gasteiger partial charge in [0.25, 0.3) is 0 Å². The summed E-state index contributed by atoms with van der Waals surface area (Å²) < 4.78 is 5.19. The summed E-state index contributed by atoms with van der Waals surface area (Å²) in [5, 5.41) is 4.11. The van der Waals surface area contributed by atoms with Gasteiger partial charge in [0.15, 0.2) is 5.11 Å². The number of rotatable bonds is 3. The predicted molar refractivity (Wildman–Crippen MR) is 96.7 cm³/mol. The topological polar surface area (TPSA) is 37.4 Å². The van der Waals surface area contributed by atoms with E-state index in [9.17, 15) is 0 Å². The zero-order valence-corrected chi connectivity index (χ0v) is 14.1. The van der Waals surface area contributed by atoms with Gasteiger partial charge in [-0.25, -0.2) is 0 Å². The Morgan fingerprint density at radius 3 is 2.78 bits per heavy atom. The highest BCUT2D eigenvalue weighted by Crippen LogP contribution is 2.31. The number of hydrogen-bond acceptors (Lipinski definition) is 3. The lowest BCUT2D eigenvalue weighted by atomic mass is 9.97. The van der Waals surface area contributed by atoms with Gasteiger partial charge in [-0.3, -0.25) is 4.98 Å². The lowest BCUT2D eigenvalue weighted by Gasteiger charge is -2.37. The zero-order chi connectivity index (χ0) is 16.1. The van der Waals surface area contributed by atoms with Crippen LogP contribution in [0.5, 0.6) is 5.75 Å². The second kappa shape index (κ2) is 7.42. The number of methoxy groups -OCH3 is 1. The highest BCUT2D eigenvalue weighted by Gasteiger charge is 2.26. The molecule has 0 bridgehead atoms. The molecule has 23 heavy (non-hydrogen) atoms. The van der Waals surface area contributed by atoms with E-state index in [1.807, 2.05) is 42.7 Å². The molecule has 1 aromatic heterocycles. The van der Waals surface area contributed by atoms with E-state index >= 15 is 0 Å². The van der Waals surface area contributed by atoms with Gasteiger partial charge in [-0.1, -0.05) is 6.07 Å². The molecular formula is C18H21N3OS. The van der Waals surface area contributed by atoms with E-state index in [1.54, 1.807) is 7.11 Å². The maximum Gasteiger partial charge on any atom is 0.173 e. The van der Waals surface area contributed by atoms with Gasteiger partial charge < -0.3 is 15.0 Å². The van der Waals surface area contributed by atoms with Crippen LogP contribution in [0, 0.1) is 0 Å². The number of aromatic nitrogens is 1. The minimum atomic E-state index is 0.302. The molecule has 0 radical (unpaired) electrons. The van der Waals surface area contributed by atoms with Crippen molar-refractivity contribution in [1.29, 1.82) is 0 Å². The summed E-state index contributed by atoms with van der Waals surface area (Å²) in [5.74, 6) is 0.840. The number of likely N-dealkylation sites (tertiary alicyclic amines) is 1. The van der Waals surface area contributed by atoms with Crippen LogP contribution in [-0.4, -0.2) is 28.7 Å². The Balaban J connectivity index is 1.73. The summed E-state index contributed by atoms with van der Waals surface area (Å²) in [5.41, 5.74) is 2.21. The number of benzene rings is 1. The first-order chi connectivity index (χ1) is 11.3. The average molecular weight is 327 g/mol. The maximum absolute atomic E-state index is 5.66. The monoisotopic (exact) mass is 327 g/mol. The van der Waals surface area contributed by atoms with E-state index in [4.69, 9.17) is 17.0 Å². The van der Waals surface area contributed by atoms with Crippen LogP contribution in [0.3, 0.4) is 0 Å². The largest absolute Gasteiger partial charge is 0.497 e. The minimum absolute atomic E-state index is 0.302. The fourth-order valence-corrected chi connectivity index (χ4v) is 3.30. The highest BCUT2D eigenvalue weighted by molar-refractivity contribution is 7.80. The van der Waals surface area contributed by atoms with Crippen molar-refractivity contribution in [2.45, 2.75) is 25.3 Å². The van der Waals surface area contributed by atoms with E-state index in [-0.39, 0.29) is 0 Å². The number of nitrogens with one attached hydrogen (secondary N) is 1. The smallest absolute Gasteiger partial charge is 0.173 e. The molecule has 0 aliphatic carbocycles. The van der Waals surface area contributed by atoms with Crippen molar-refractivity contribution in [3.63, 3.8) is 0 Å². The average Bonchev–Trinajstić information content (AvgIpc) is 2.63. The number of hydrogen-bond donors (Lipinski definition) is 1. The molecule has 2 heterocycles. The Morgan fingerprint density at radius 1 is 1.26 bits per heavy atom. The molecule has 1 aliphatic rings. The third-order valence-corrected chi connectivity index (χ3v) is 4.51. The van der Waals surface area contributed by atoms with E-state index < -0.39 is 0 Å². The number of thiocarbonyl (C=S) groups is 1. The molecule has 1 fully saturated rings. The number of ether oxygens (including phenoxy) is 1. The standard InChI is InChI=1S/C18H21N3OS/c1-22-16-9-7-15(8-10-16)20-18(23)21-12-3-2-6-17(21)14-5-4-11-19-13-14/h4-5,7-11,13,17H,2-3,6,12H2,1H3,(H,20,23)/t17-/m0/s1. The first-order valence-electron chi connectivity index (χ1n) is 7.89. The SMILES string of the molecule is COc1ccc(NC(=S)N2CCCC[C@H]2c2cccnc2)cc1. The molecule has 0 unspecified atom stereocenters. The van der Waals surface area contributed by atoms with Crippen molar-refractivity contribution in [3.05, 3.63) is 54.4 Å². The van der Waals surface area contributed by atoms with Gasteiger partial charge in [-0.15, -0.1) is 0 Å². The lowest BCUT2D eigenvalue weighted by molar-refractivity contribution is 0.248. The molecule has 1 aliphatic heterocycles. The Labute approximate surface area is 142 Å². The van der Waals surface area contributed by atoms with Crippen LogP contribution in [0.25, 0.3) is 0 Å². The van der Waals surface area contributed by atoms with Crippen molar-refractivity contribution in [2.24, 2.45) is 0 Å². The van der Waals surface area contributed by atoms with Crippen LogP contribution in [0.1, 0.15) is 30.9 Å². The molecule has 5 heteroatoms. The summed E-state index contributed by atoms with van der Waals surface area (Å²) in [6.07, 6.45) is 7.25. The first kappa shape index (κ1) is 15.7. The van der Waals surface area contributed by atoms with E-state index in [1.165, 1.54) is 18.4 Å². The van der Waals surface area contributed by atoms with Crippen molar-refractivity contribution < 1.29 is 4.74 Å². The molecule has 1 saturated heterocycles. The third kappa shape index (κ3) is 3.79. The van der Waals surface area contributed by atoms with Crippen molar-refractivity contribution in [3.8, 4) is 5.75 Å². The zero-order valence-electron chi connectivity index (χ0n) is 13.2. The summed E-state index contributed by atoms with van der Waals surface area (Å²) in [4.78, 5) is 6.53. The van der Waals surface area contributed by atoms with Crippen LogP contribution in [-0.2, 0) is 0 Å². The van der Waals surface area contributed by atoms with Crippen LogP contribution in [0.2, 0.25) is 0 Å². The van der Waals surface area contributed by atoms with Crippen LogP contribution in [0.4, 0.5) is 5.69 Å². The Morgan fingerprint density at radius 2 is 2.09 bits per heavy atom. The summed E-state index contributed by atoms with van der Waals surface area (Å²) in [6.45, 7) is 0.974. The lowest BCUT2D eigenvalue weighted by Crippen LogP contribution is -2.41. The Kier molecular flexibility index (Phi) is 5.08. The molecule has 1 N–H and O–H groups in total. The van der Waals surface area contributed by atoms with E-state index in [0.29, 0.717) is 6.04 Å². The second-order valence-corrected chi connectivity index (χ2v) is 6.04. The Bertz CT molecular complexity index is 645. The first-order valence-corrected chi connectivity index (χ1v) is 8.30. The van der Waals surface area contributed by atoms with Gasteiger partial charge >= 0.3 is 0 Å². The number of piperidine rings is 1. The van der Waals surface area contributed by atoms with Gasteiger partial charge in [0.1, 0.15) is 5.75 Å². The third-order valence-electron chi connectivity index (χ3n) is 4.17. The van der Waals surface area contributed by atoms with Crippen molar-refractivity contribution >= 4 is 23.0 Å². The number of nitrogens with zero attached hydrogens (tertiary/aromatic N) is 2. The molecule has 0 spiro atoms. The fourth-order valence-electron chi connectivity index (χ4n) is 2.96. The van der Waals surface area contributed by atoms with E-state index in [2.05, 4.69) is 21.3 Å². The number of anilines is 1. The van der Waals surface area contributed by atoms with Crippen LogP contribution in [0.15, 0.2) is 48.8 Å². The van der Waals surface area contributed by atoms with Crippen LogP contribution < -0.4 is 10.1 Å². The summed E-state index contributed by atoms with van der Waals surface area (Å²) in [6, 6.07) is 12.2. The molecule has 2 aromatic rings.